The fraction of sp³-hybridized carbons (Fsp3) is 0.500. The molecular weight excluding hydrogens is 385 g/mol. The van der Waals surface area contributed by atoms with Crippen molar-refractivity contribution >= 4 is 39.9 Å². The van der Waals surface area contributed by atoms with E-state index in [9.17, 15) is 14.9 Å². The molecule has 0 bridgehead atoms. The molecule has 0 aliphatic carbocycles. The SMILES string of the molecule is O=C(CCNc1ccc([N+](=O)[O-])cc1I)N1CCCCC1. The summed E-state index contributed by atoms with van der Waals surface area (Å²) in [5.41, 5.74) is 0.905. The van der Waals surface area contributed by atoms with Gasteiger partial charge in [-0.15, -0.1) is 0 Å². The Morgan fingerprint density at radius 1 is 1.33 bits per heavy atom. The zero-order chi connectivity index (χ0) is 15.2. The number of amides is 1. The molecule has 0 spiro atoms. The maximum absolute atomic E-state index is 12.0. The molecule has 1 aromatic carbocycles. The lowest BCUT2D eigenvalue weighted by molar-refractivity contribution is -0.384. The molecule has 1 aliphatic rings. The zero-order valence-corrected chi connectivity index (χ0v) is 13.8. The Morgan fingerprint density at radius 2 is 2.05 bits per heavy atom. The van der Waals surface area contributed by atoms with Crippen LogP contribution in [0.1, 0.15) is 25.7 Å². The number of nitrogens with zero attached hydrogens (tertiary/aromatic N) is 2. The van der Waals surface area contributed by atoms with Crippen LogP contribution >= 0.6 is 22.6 Å². The minimum absolute atomic E-state index is 0.0781. The first-order valence-corrected chi connectivity index (χ1v) is 8.11. The standard InChI is InChI=1S/C14H18IN3O3/c15-12-10-11(18(20)21)4-5-13(12)16-7-6-14(19)17-8-2-1-3-9-17/h4-5,10,16H,1-3,6-9H2. The van der Waals surface area contributed by atoms with Crippen molar-refractivity contribution in [1.29, 1.82) is 0 Å². The summed E-state index contributed by atoms with van der Waals surface area (Å²) < 4.78 is 0.784. The van der Waals surface area contributed by atoms with E-state index in [1.807, 2.05) is 4.90 Å². The molecular formula is C14H18IN3O3. The first kappa shape index (κ1) is 16.0. The van der Waals surface area contributed by atoms with E-state index in [1.54, 1.807) is 6.07 Å². The van der Waals surface area contributed by atoms with E-state index < -0.39 is 4.92 Å². The van der Waals surface area contributed by atoms with Crippen LogP contribution in [0.15, 0.2) is 18.2 Å². The highest BCUT2D eigenvalue weighted by Gasteiger charge is 2.16. The molecule has 1 heterocycles. The molecule has 0 saturated carbocycles. The molecule has 1 aliphatic heterocycles. The summed E-state index contributed by atoms with van der Waals surface area (Å²) in [5, 5.41) is 13.8. The summed E-state index contributed by atoms with van der Waals surface area (Å²) in [4.78, 5) is 24.2. The Hall–Kier alpha value is -1.38. The van der Waals surface area contributed by atoms with Crippen molar-refractivity contribution in [1.82, 2.24) is 4.90 Å². The maximum atomic E-state index is 12.0. The lowest BCUT2D eigenvalue weighted by atomic mass is 10.1. The van der Waals surface area contributed by atoms with Crippen molar-refractivity contribution in [3.05, 3.63) is 31.9 Å². The highest BCUT2D eigenvalue weighted by molar-refractivity contribution is 14.1. The van der Waals surface area contributed by atoms with Crippen LogP contribution < -0.4 is 5.32 Å². The quantitative estimate of drug-likeness (QED) is 0.466. The van der Waals surface area contributed by atoms with Gasteiger partial charge in [0.1, 0.15) is 0 Å². The second kappa shape index (κ2) is 7.58. The monoisotopic (exact) mass is 403 g/mol. The zero-order valence-electron chi connectivity index (χ0n) is 11.7. The molecule has 1 saturated heterocycles. The third-order valence-electron chi connectivity index (χ3n) is 3.53. The molecule has 0 atom stereocenters. The number of nitro groups is 1. The van der Waals surface area contributed by atoms with Gasteiger partial charge in [-0.2, -0.15) is 0 Å². The third kappa shape index (κ3) is 4.55. The van der Waals surface area contributed by atoms with Gasteiger partial charge >= 0.3 is 0 Å². The third-order valence-corrected chi connectivity index (χ3v) is 4.42. The lowest BCUT2D eigenvalue weighted by Gasteiger charge is -2.26. The van der Waals surface area contributed by atoms with Crippen molar-refractivity contribution < 1.29 is 9.72 Å². The second-order valence-corrected chi connectivity index (χ2v) is 6.20. The number of non-ortho nitro benzene ring substituents is 1. The number of nitro benzene ring substituents is 1. The van der Waals surface area contributed by atoms with Gasteiger partial charge in [-0.25, -0.2) is 0 Å². The fourth-order valence-corrected chi connectivity index (χ4v) is 3.06. The minimum atomic E-state index is -0.411. The second-order valence-electron chi connectivity index (χ2n) is 5.04. The topological polar surface area (TPSA) is 75.5 Å². The van der Waals surface area contributed by atoms with Gasteiger partial charge in [-0.3, -0.25) is 14.9 Å². The van der Waals surface area contributed by atoms with E-state index in [-0.39, 0.29) is 11.6 Å². The number of rotatable bonds is 5. The lowest BCUT2D eigenvalue weighted by Crippen LogP contribution is -2.36. The van der Waals surface area contributed by atoms with Crippen LogP contribution in [-0.2, 0) is 4.79 Å². The molecule has 0 unspecified atom stereocenters. The van der Waals surface area contributed by atoms with E-state index in [2.05, 4.69) is 27.9 Å². The molecule has 1 aromatic rings. The van der Waals surface area contributed by atoms with E-state index in [4.69, 9.17) is 0 Å². The number of hydrogen-bond acceptors (Lipinski definition) is 4. The first-order valence-electron chi connectivity index (χ1n) is 7.03. The number of benzene rings is 1. The summed E-state index contributed by atoms with van der Waals surface area (Å²) >= 11 is 2.06. The largest absolute Gasteiger partial charge is 0.384 e. The molecule has 0 aromatic heterocycles. The Labute approximate surface area is 137 Å². The van der Waals surface area contributed by atoms with Crippen LogP contribution in [0.5, 0.6) is 0 Å². The van der Waals surface area contributed by atoms with Crippen molar-refractivity contribution in [3.8, 4) is 0 Å². The van der Waals surface area contributed by atoms with E-state index in [0.717, 1.165) is 35.2 Å². The summed E-state index contributed by atoms with van der Waals surface area (Å²) in [7, 11) is 0. The maximum Gasteiger partial charge on any atom is 0.270 e. The molecule has 6 nitrogen and oxygen atoms in total. The number of likely N-dealkylation sites (tertiary alicyclic amines) is 1. The molecule has 0 radical (unpaired) electrons. The van der Waals surface area contributed by atoms with Gasteiger partial charge in [0.25, 0.3) is 5.69 Å². The Kier molecular flexibility index (Phi) is 5.77. The highest BCUT2D eigenvalue weighted by Crippen LogP contribution is 2.23. The minimum Gasteiger partial charge on any atom is -0.384 e. The van der Waals surface area contributed by atoms with Crippen molar-refractivity contribution in [3.63, 3.8) is 0 Å². The van der Waals surface area contributed by atoms with Gasteiger partial charge in [0.15, 0.2) is 0 Å². The van der Waals surface area contributed by atoms with Crippen LogP contribution in [0.25, 0.3) is 0 Å². The molecule has 1 fully saturated rings. The molecule has 114 valence electrons. The number of piperidine rings is 1. The van der Waals surface area contributed by atoms with Gasteiger partial charge in [0, 0.05) is 47.4 Å². The van der Waals surface area contributed by atoms with E-state index in [1.165, 1.54) is 18.6 Å². The van der Waals surface area contributed by atoms with E-state index >= 15 is 0 Å². The highest BCUT2D eigenvalue weighted by atomic mass is 127. The molecule has 7 heteroatoms. The van der Waals surface area contributed by atoms with Crippen molar-refractivity contribution in [2.75, 3.05) is 25.0 Å². The molecule has 1 N–H and O–H groups in total. The normalized spacial score (nSPS) is 14.8. The summed E-state index contributed by atoms with van der Waals surface area (Å²) in [5.74, 6) is 0.180. The number of hydrogen-bond donors (Lipinski definition) is 1. The molecule has 2 rings (SSSR count). The van der Waals surface area contributed by atoms with Gasteiger partial charge in [-0.05, 0) is 47.9 Å². The number of carbonyl (C=O) groups is 1. The smallest absolute Gasteiger partial charge is 0.270 e. The van der Waals surface area contributed by atoms with Crippen LogP contribution in [0.2, 0.25) is 0 Å². The van der Waals surface area contributed by atoms with Crippen LogP contribution in [0, 0.1) is 13.7 Å². The molecule has 21 heavy (non-hydrogen) atoms. The van der Waals surface area contributed by atoms with Gasteiger partial charge < -0.3 is 10.2 Å². The van der Waals surface area contributed by atoms with Crippen LogP contribution in [0.4, 0.5) is 11.4 Å². The first-order chi connectivity index (χ1) is 10.1. The predicted octanol–water partition coefficient (Wildman–Crippen LogP) is 3.01. The average Bonchev–Trinajstić information content (AvgIpc) is 2.49. The van der Waals surface area contributed by atoms with Crippen LogP contribution in [0.3, 0.4) is 0 Å². The summed E-state index contributed by atoms with van der Waals surface area (Å²) in [6.07, 6.45) is 3.86. The van der Waals surface area contributed by atoms with Crippen molar-refractivity contribution in [2.24, 2.45) is 0 Å². The average molecular weight is 403 g/mol. The fourth-order valence-electron chi connectivity index (χ4n) is 2.37. The number of anilines is 1. The summed E-state index contributed by atoms with van der Waals surface area (Å²) in [6, 6.07) is 4.68. The van der Waals surface area contributed by atoms with E-state index in [0.29, 0.717) is 13.0 Å². The predicted molar refractivity (Wildman–Crippen MR) is 89.4 cm³/mol. The van der Waals surface area contributed by atoms with Gasteiger partial charge in [0.05, 0.1) is 4.92 Å². The molecule has 1 amide bonds. The van der Waals surface area contributed by atoms with Crippen LogP contribution in [-0.4, -0.2) is 35.4 Å². The van der Waals surface area contributed by atoms with Gasteiger partial charge in [0.2, 0.25) is 5.91 Å². The Bertz CT molecular complexity index is 530. The number of nitrogens with one attached hydrogen (secondary N) is 1. The Balaban J connectivity index is 1.83. The van der Waals surface area contributed by atoms with Crippen molar-refractivity contribution in [2.45, 2.75) is 25.7 Å². The number of halogens is 1. The summed E-state index contributed by atoms with van der Waals surface area (Å²) in [6.45, 7) is 2.28. The number of carbonyl (C=O) groups excluding carboxylic acids is 1. The Morgan fingerprint density at radius 3 is 2.67 bits per heavy atom. The van der Waals surface area contributed by atoms with Gasteiger partial charge in [-0.1, -0.05) is 0 Å².